The summed E-state index contributed by atoms with van der Waals surface area (Å²) < 4.78 is 0. The quantitative estimate of drug-likeness (QED) is 0.102. The molecule has 50 heavy (non-hydrogen) atoms. The highest BCUT2D eigenvalue weighted by atomic mass is 35.5. The summed E-state index contributed by atoms with van der Waals surface area (Å²) in [5, 5.41) is 0. The van der Waals surface area contributed by atoms with Gasteiger partial charge in [0.05, 0.1) is 0 Å². The van der Waals surface area contributed by atoms with Crippen LogP contribution in [0.5, 0.6) is 0 Å². The van der Waals surface area contributed by atoms with Crippen molar-refractivity contribution in [3.05, 3.63) is 214 Å². The minimum Gasteiger partial charge on any atom is -0.104 e. The standard InChI is InChI=1S/C49H27Cl/c50-49(46-34-28-43(29-35-46)25-13-10-22-40-16-4-1-5-17-40,47-36-30-44(31-37-47)26-14-11-23-41-18-6-2-7-19-41)48-38-32-45(33-39-48)27-15-12-24-42-20-8-3-9-21-42/h1-9,16-21,28-39H. The van der Waals surface area contributed by atoms with Crippen LogP contribution in [0.4, 0.5) is 0 Å². The van der Waals surface area contributed by atoms with Gasteiger partial charge in [-0.25, -0.2) is 0 Å². The predicted molar refractivity (Wildman–Crippen MR) is 206 cm³/mol. The Kier molecular flexibility index (Phi) is 11.0. The Morgan fingerprint density at radius 3 is 0.680 bits per heavy atom. The van der Waals surface area contributed by atoms with Gasteiger partial charge in [0.1, 0.15) is 4.87 Å². The molecule has 6 rings (SSSR count). The van der Waals surface area contributed by atoms with E-state index >= 15 is 0 Å². The minimum atomic E-state index is -0.989. The number of rotatable bonds is 3. The van der Waals surface area contributed by atoms with Crippen molar-refractivity contribution in [2.45, 2.75) is 4.87 Å². The molecular formula is C49H27Cl. The van der Waals surface area contributed by atoms with Crippen LogP contribution in [0.2, 0.25) is 0 Å². The molecule has 0 saturated heterocycles. The molecule has 0 aromatic heterocycles. The van der Waals surface area contributed by atoms with Crippen LogP contribution in [0.15, 0.2) is 164 Å². The molecule has 0 amide bonds. The van der Waals surface area contributed by atoms with Crippen LogP contribution in [0.25, 0.3) is 0 Å². The fraction of sp³-hybridized carbons (Fsp3) is 0.0204. The maximum absolute atomic E-state index is 7.68. The van der Waals surface area contributed by atoms with E-state index < -0.39 is 4.87 Å². The van der Waals surface area contributed by atoms with Crippen molar-refractivity contribution in [1.82, 2.24) is 0 Å². The lowest BCUT2D eigenvalue weighted by Crippen LogP contribution is -2.22. The van der Waals surface area contributed by atoms with Gasteiger partial charge in [0, 0.05) is 33.4 Å². The average molecular weight is 651 g/mol. The number of benzene rings is 6. The van der Waals surface area contributed by atoms with E-state index in [2.05, 4.69) is 71.0 Å². The monoisotopic (exact) mass is 650 g/mol. The fourth-order valence-electron chi connectivity index (χ4n) is 5.03. The zero-order valence-corrected chi connectivity index (χ0v) is 27.7. The second-order valence-corrected chi connectivity index (χ2v) is 11.6. The van der Waals surface area contributed by atoms with E-state index in [1.54, 1.807) is 0 Å². The zero-order valence-electron chi connectivity index (χ0n) is 27.0. The molecule has 0 aliphatic rings. The first-order valence-corrected chi connectivity index (χ1v) is 16.3. The maximum Gasteiger partial charge on any atom is 0.119 e. The van der Waals surface area contributed by atoms with Gasteiger partial charge in [-0.15, -0.1) is 11.6 Å². The molecule has 0 radical (unpaired) electrons. The van der Waals surface area contributed by atoms with Gasteiger partial charge in [-0.05, 0) is 125 Å². The Balaban J connectivity index is 1.28. The fourth-order valence-corrected chi connectivity index (χ4v) is 5.41. The summed E-state index contributed by atoms with van der Waals surface area (Å²) in [6.07, 6.45) is 0. The zero-order chi connectivity index (χ0) is 34.3. The van der Waals surface area contributed by atoms with Gasteiger partial charge in [-0.3, -0.25) is 0 Å². The molecule has 1 heteroatoms. The van der Waals surface area contributed by atoms with Crippen LogP contribution in [0.3, 0.4) is 0 Å². The lowest BCUT2D eigenvalue weighted by molar-refractivity contribution is 0.879. The molecule has 0 saturated carbocycles. The van der Waals surface area contributed by atoms with E-state index in [0.29, 0.717) is 0 Å². The SMILES string of the molecule is ClC(c1ccc(C#CC#Cc2ccccc2)cc1)(c1ccc(C#CC#Cc2ccccc2)cc1)c1ccc(C#CC#Cc2ccccc2)cc1. The highest BCUT2D eigenvalue weighted by Gasteiger charge is 2.34. The first-order chi connectivity index (χ1) is 24.7. The molecule has 0 N–H and O–H groups in total. The van der Waals surface area contributed by atoms with Gasteiger partial charge in [-0.2, -0.15) is 0 Å². The number of alkyl halides is 1. The molecule has 0 aliphatic heterocycles. The molecule has 6 aromatic carbocycles. The van der Waals surface area contributed by atoms with E-state index in [4.69, 9.17) is 11.6 Å². The molecule has 0 spiro atoms. The average Bonchev–Trinajstić information content (AvgIpc) is 3.18. The van der Waals surface area contributed by atoms with E-state index in [1.807, 2.05) is 164 Å². The maximum atomic E-state index is 7.68. The highest BCUT2D eigenvalue weighted by Crippen LogP contribution is 2.43. The van der Waals surface area contributed by atoms with Crippen molar-refractivity contribution in [2.24, 2.45) is 0 Å². The summed E-state index contributed by atoms with van der Waals surface area (Å²) in [5.74, 6) is 36.3. The van der Waals surface area contributed by atoms with Gasteiger partial charge in [-0.1, -0.05) is 127 Å². The summed E-state index contributed by atoms with van der Waals surface area (Å²) >= 11 is 7.68. The topological polar surface area (TPSA) is 0 Å². The van der Waals surface area contributed by atoms with Gasteiger partial charge in [0.15, 0.2) is 0 Å². The Hall–Kier alpha value is -7.03. The lowest BCUT2D eigenvalue weighted by atomic mass is 9.83. The molecule has 230 valence electrons. The van der Waals surface area contributed by atoms with Gasteiger partial charge >= 0.3 is 0 Å². The molecule has 0 atom stereocenters. The smallest absolute Gasteiger partial charge is 0.104 e. The molecule has 0 nitrogen and oxygen atoms in total. The summed E-state index contributed by atoms with van der Waals surface area (Å²) in [5.41, 5.74) is 8.04. The Labute approximate surface area is 300 Å². The Morgan fingerprint density at radius 1 is 0.260 bits per heavy atom. The van der Waals surface area contributed by atoms with Crippen LogP contribution in [0, 0.1) is 71.0 Å². The number of hydrogen-bond donors (Lipinski definition) is 0. The molecule has 0 unspecified atom stereocenters. The first-order valence-electron chi connectivity index (χ1n) is 15.9. The third-order valence-electron chi connectivity index (χ3n) is 7.60. The molecule has 0 bridgehead atoms. The van der Waals surface area contributed by atoms with Crippen molar-refractivity contribution in [3.8, 4) is 71.0 Å². The third kappa shape index (κ3) is 8.86. The Bertz CT molecular complexity index is 2170. The molecular weight excluding hydrogens is 624 g/mol. The number of hydrogen-bond acceptors (Lipinski definition) is 0. The van der Waals surface area contributed by atoms with Crippen molar-refractivity contribution >= 4 is 11.6 Å². The lowest BCUT2D eigenvalue weighted by Gasteiger charge is -2.29. The normalized spacial score (nSPS) is 9.54. The molecule has 0 aliphatic carbocycles. The second-order valence-electron chi connectivity index (χ2n) is 11.0. The van der Waals surface area contributed by atoms with Gasteiger partial charge in [0.2, 0.25) is 0 Å². The number of halogens is 1. The van der Waals surface area contributed by atoms with E-state index in [1.165, 1.54) is 0 Å². The third-order valence-corrected chi connectivity index (χ3v) is 8.25. The molecule has 6 aromatic rings. The summed E-state index contributed by atoms with van der Waals surface area (Å²) in [4.78, 5) is -0.989. The predicted octanol–water partition coefficient (Wildman–Crippen LogP) is 9.43. The van der Waals surface area contributed by atoms with Crippen LogP contribution in [-0.2, 0) is 4.87 Å². The summed E-state index contributed by atoms with van der Waals surface area (Å²) in [7, 11) is 0. The van der Waals surface area contributed by atoms with Crippen molar-refractivity contribution in [1.29, 1.82) is 0 Å². The molecule has 0 fully saturated rings. The van der Waals surface area contributed by atoms with Crippen LogP contribution in [-0.4, -0.2) is 0 Å². The molecule has 0 heterocycles. The summed E-state index contributed by atoms with van der Waals surface area (Å²) in [6.45, 7) is 0. The highest BCUT2D eigenvalue weighted by molar-refractivity contribution is 6.28. The van der Waals surface area contributed by atoms with Crippen molar-refractivity contribution < 1.29 is 0 Å². The van der Waals surface area contributed by atoms with E-state index in [0.717, 1.165) is 50.1 Å². The van der Waals surface area contributed by atoms with Crippen LogP contribution >= 0.6 is 11.6 Å². The van der Waals surface area contributed by atoms with E-state index in [-0.39, 0.29) is 0 Å². The van der Waals surface area contributed by atoms with Gasteiger partial charge in [0.25, 0.3) is 0 Å². The Morgan fingerprint density at radius 2 is 0.460 bits per heavy atom. The van der Waals surface area contributed by atoms with Crippen LogP contribution in [0.1, 0.15) is 50.1 Å². The summed E-state index contributed by atoms with van der Waals surface area (Å²) in [6, 6.07) is 53.3. The second kappa shape index (κ2) is 16.7. The van der Waals surface area contributed by atoms with Crippen molar-refractivity contribution in [2.75, 3.05) is 0 Å². The largest absolute Gasteiger partial charge is 0.119 e. The van der Waals surface area contributed by atoms with E-state index in [9.17, 15) is 0 Å². The first kappa shape index (κ1) is 32.9. The van der Waals surface area contributed by atoms with Crippen molar-refractivity contribution in [3.63, 3.8) is 0 Å². The van der Waals surface area contributed by atoms with Gasteiger partial charge < -0.3 is 0 Å². The minimum absolute atomic E-state index is 0.847. The van der Waals surface area contributed by atoms with Crippen LogP contribution < -0.4 is 0 Å².